The monoisotopic (exact) mass is 234 g/mol. The van der Waals surface area contributed by atoms with Crippen LogP contribution in [0.15, 0.2) is 24.3 Å². The summed E-state index contributed by atoms with van der Waals surface area (Å²) >= 11 is 0. The highest BCUT2D eigenvalue weighted by Crippen LogP contribution is 2.25. The zero-order chi connectivity index (χ0) is 11.9. The highest BCUT2D eigenvalue weighted by molar-refractivity contribution is 5.31. The van der Waals surface area contributed by atoms with Crippen LogP contribution in [0.2, 0.25) is 0 Å². The van der Waals surface area contributed by atoms with Crippen LogP contribution in [0.25, 0.3) is 0 Å². The Labute approximate surface area is 104 Å². The van der Waals surface area contributed by atoms with Crippen LogP contribution in [0.4, 0.5) is 0 Å². The van der Waals surface area contributed by atoms with Crippen LogP contribution in [0.3, 0.4) is 0 Å². The van der Waals surface area contributed by atoms with Gasteiger partial charge in [-0.3, -0.25) is 0 Å². The summed E-state index contributed by atoms with van der Waals surface area (Å²) in [5.41, 5.74) is 2.81. The van der Waals surface area contributed by atoms with Crippen LogP contribution in [0, 0.1) is 0 Å². The van der Waals surface area contributed by atoms with Crippen LogP contribution >= 0.6 is 0 Å². The molecule has 0 saturated carbocycles. The molecular weight excluding hydrogens is 212 g/mol. The van der Waals surface area contributed by atoms with Gasteiger partial charge in [0.05, 0.1) is 12.7 Å². The van der Waals surface area contributed by atoms with E-state index in [0.29, 0.717) is 0 Å². The molecule has 94 valence electrons. The first-order valence-electron chi connectivity index (χ1n) is 6.46. The molecule has 0 saturated heterocycles. The van der Waals surface area contributed by atoms with Crippen molar-refractivity contribution in [2.45, 2.75) is 18.9 Å². The van der Waals surface area contributed by atoms with Crippen molar-refractivity contribution in [2.24, 2.45) is 0 Å². The van der Waals surface area contributed by atoms with Crippen LogP contribution in [-0.2, 0) is 11.2 Å². The molecule has 1 aromatic rings. The first-order valence-corrected chi connectivity index (χ1v) is 6.46. The quantitative estimate of drug-likeness (QED) is 0.732. The van der Waals surface area contributed by atoms with E-state index in [1.807, 2.05) is 7.05 Å². The van der Waals surface area contributed by atoms with E-state index in [2.05, 4.69) is 34.9 Å². The second kappa shape index (κ2) is 6.74. The average Bonchev–Trinajstić information content (AvgIpc) is 2.39. The van der Waals surface area contributed by atoms with Gasteiger partial charge < -0.3 is 15.4 Å². The van der Waals surface area contributed by atoms with Gasteiger partial charge in [0.2, 0.25) is 0 Å². The molecule has 1 aliphatic heterocycles. The topological polar surface area (TPSA) is 33.3 Å². The minimum atomic E-state index is 0.231. The fourth-order valence-corrected chi connectivity index (χ4v) is 2.27. The molecule has 0 aliphatic carbocycles. The lowest BCUT2D eigenvalue weighted by molar-refractivity contribution is 0.0426. The van der Waals surface area contributed by atoms with E-state index >= 15 is 0 Å². The Hall–Kier alpha value is -0.900. The second-order valence-electron chi connectivity index (χ2n) is 4.47. The van der Waals surface area contributed by atoms with E-state index in [-0.39, 0.29) is 6.10 Å². The molecule has 0 bridgehead atoms. The molecule has 0 spiro atoms. The Morgan fingerprint density at radius 2 is 2.18 bits per heavy atom. The fraction of sp³-hybridized carbons (Fsp3) is 0.571. The molecule has 0 aromatic heterocycles. The van der Waals surface area contributed by atoms with Crippen molar-refractivity contribution in [3.8, 4) is 0 Å². The van der Waals surface area contributed by atoms with E-state index < -0.39 is 0 Å². The standard InChI is InChI=1S/C14H22N2O/c1-15-8-4-9-16-11-14-13-6-3-2-5-12(13)7-10-17-14/h2-3,5-6,14-16H,4,7-11H2,1H3. The van der Waals surface area contributed by atoms with Gasteiger partial charge >= 0.3 is 0 Å². The first-order chi connectivity index (χ1) is 8.42. The summed E-state index contributed by atoms with van der Waals surface area (Å²) in [5, 5.41) is 6.62. The number of rotatable bonds is 6. The molecule has 0 radical (unpaired) electrons. The lowest BCUT2D eigenvalue weighted by atomic mass is 9.97. The van der Waals surface area contributed by atoms with E-state index in [4.69, 9.17) is 4.74 Å². The summed E-state index contributed by atoms with van der Waals surface area (Å²) in [4.78, 5) is 0. The minimum absolute atomic E-state index is 0.231. The van der Waals surface area contributed by atoms with Gasteiger partial charge in [0.15, 0.2) is 0 Å². The Bertz CT molecular complexity index is 341. The van der Waals surface area contributed by atoms with Crippen molar-refractivity contribution in [1.82, 2.24) is 10.6 Å². The normalized spacial score (nSPS) is 19.0. The molecule has 1 unspecified atom stereocenters. The number of benzene rings is 1. The Morgan fingerprint density at radius 3 is 3.06 bits per heavy atom. The maximum Gasteiger partial charge on any atom is 0.0952 e. The predicted octanol–water partition coefficient (Wildman–Crippen LogP) is 1.50. The summed E-state index contributed by atoms with van der Waals surface area (Å²) in [6, 6.07) is 8.61. The van der Waals surface area contributed by atoms with E-state index in [1.165, 1.54) is 11.1 Å². The number of hydrogen-bond donors (Lipinski definition) is 2. The average molecular weight is 234 g/mol. The van der Waals surface area contributed by atoms with E-state index in [9.17, 15) is 0 Å². The highest BCUT2D eigenvalue weighted by atomic mass is 16.5. The molecule has 1 aromatic carbocycles. The second-order valence-corrected chi connectivity index (χ2v) is 4.47. The van der Waals surface area contributed by atoms with E-state index in [0.717, 1.165) is 39.1 Å². The van der Waals surface area contributed by atoms with Crippen LogP contribution in [0.5, 0.6) is 0 Å². The summed E-state index contributed by atoms with van der Waals surface area (Å²) in [7, 11) is 1.99. The molecular formula is C14H22N2O. The summed E-state index contributed by atoms with van der Waals surface area (Å²) < 4.78 is 5.83. The first kappa shape index (κ1) is 12.6. The number of ether oxygens (including phenoxy) is 1. The lowest BCUT2D eigenvalue weighted by Crippen LogP contribution is -2.29. The zero-order valence-corrected chi connectivity index (χ0v) is 10.5. The van der Waals surface area contributed by atoms with Crippen molar-refractivity contribution >= 4 is 0 Å². The Kier molecular flexibility index (Phi) is 4.98. The molecule has 1 aliphatic rings. The molecule has 17 heavy (non-hydrogen) atoms. The highest BCUT2D eigenvalue weighted by Gasteiger charge is 2.19. The third-order valence-corrected chi connectivity index (χ3v) is 3.20. The molecule has 1 atom stereocenters. The van der Waals surface area contributed by atoms with Gasteiger partial charge in [-0.25, -0.2) is 0 Å². The summed E-state index contributed by atoms with van der Waals surface area (Å²) in [6.45, 7) is 3.87. The smallest absolute Gasteiger partial charge is 0.0952 e. The van der Waals surface area contributed by atoms with Gasteiger partial charge in [-0.1, -0.05) is 24.3 Å². The van der Waals surface area contributed by atoms with Crippen LogP contribution in [-0.4, -0.2) is 33.3 Å². The SMILES string of the molecule is CNCCCNCC1OCCc2ccccc21. The Balaban J connectivity index is 1.82. The molecule has 1 heterocycles. The molecule has 3 nitrogen and oxygen atoms in total. The molecule has 3 heteroatoms. The van der Waals surface area contributed by atoms with Crippen LogP contribution in [0.1, 0.15) is 23.7 Å². The number of nitrogens with one attached hydrogen (secondary N) is 2. The van der Waals surface area contributed by atoms with Crippen molar-refractivity contribution in [1.29, 1.82) is 0 Å². The third-order valence-electron chi connectivity index (χ3n) is 3.20. The Morgan fingerprint density at radius 1 is 1.29 bits per heavy atom. The number of hydrogen-bond acceptors (Lipinski definition) is 3. The van der Waals surface area contributed by atoms with Crippen molar-refractivity contribution in [2.75, 3.05) is 33.3 Å². The number of fused-ring (bicyclic) bond motifs is 1. The largest absolute Gasteiger partial charge is 0.372 e. The van der Waals surface area contributed by atoms with E-state index in [1.54, 1.807) is 0 Å². The van der Waals surface area contributed by atoms with Gasteiger partial charge in [0.25, 0.3) is 0 Å². The predicted molar refractivity (Wildman–Crippen MR) is 70.3 cm³/mol. The van der Waals surface area contributed by atoms with Crippen molar-refractivity contribution in [3.05, 3.63) is 35.4 Å². The maximum atomic E-state index is 5.83. The van der Waals surface area contributed by atoms with Gasteiger partial charge in [-0.2, -0.15) is 0 Å². The molecule has 2 N–H and O–H groups in total. The summed E-state index contributed by atoms with van der Waals surface area (Å²) in [6.07, 6.45) is 2.44. The van der Waals surface area contributed by atoms with Gasteiger partial charge in [-0.15, -0.1) is 0 Å². The maximum absolute atomic E-state index is 5.83. The fourth-order valence-electron chi connectivity index (χ4n) is 2.27. The third kappa shape index (κ3) is 3.53. The lowest BCUT2D eigenvalue weighted by Gasteiger charge is -2.26. The summed E-state index contributed by atoms with van der Waals surface area (Å²) in [5.74, 6) is 0. The zero-order valence-electron chi connectivity index (χ0n) is 10.5. The van der Waals surface area contributed by atoms with Gasteiger partial charge in [0.1, 0.15) is 0 Å². The molecule has 0 amide bonds. The van der Waals surface area contributed by atoms with Gasteiger partial charge in [-0.05, 0) is 44.1 Å². The molecule has 2 rings (SSSR count). The van der Waals surface area contributed by atoms with Crippen LogP contribution < -0.4 is 10.6 Å². The van der Waals surface area contributed by atoms with Crippen molar-refractivity contribution < 1.29 is 4.74 Å². The molecule has 0 fully saturated rings. The minimum Gasteiger partial charge on any atom is -0.372 e. The van der Waals surface area contributed by atoms with Gasteiger partial charge in [0, 0.05) is 6.54 Å². The van der Waals surface area contributed by atoms with Crippen molar-refractivity contribution in [3.63, 3.8) is 0 Å².